The van der Waals surface area contributed by atoms with E-state index in [9.17, 15) is 0 Å². The maximum atomic E-state index is 5.25. The molecule has 19 heavy (non-hydrogen) atoms. The van der Waals surface area contributed by atoms with E-state index in [1.807, 2.05) is 12.1 Å². The Morgan fingerprint density at radius 3 is 1.79 bits per heavy atom. The molecule has 0 aliphatic carbocycles. The summed E-state index contributed by atoms with van der Waals surface area (Å²) in [6, 6.07) is 21.4. The van der Waals surface area contributed by atoms with Crippen LogP contribution in [0.4, 0.5) is 0 Å². The molecular formula is C16H18N2O. The van der Waals surface area contributed by atoms with Gasteiger partial charge in [0, 0.05) is 13.1 Å². The van der Waals surface area contributed by atoms with Gasteiger partial charge >= 0.3 is 0 Å². The van der Waals surface area contributed by atoms with Crippen molar-refractivity contribution in [2.75, 3.05) is 13.1 Å². The fourth-order valence-electron chi connectivity index (χ4n) is 2.65. The van der Waals surface area contributed by atoms with Crippen molar-refractivity contribution in [3.8, 4) is 0 Å². The zero-order chi connectivity index (χ0) is 13.1. The van der Waals surface area contributed by atoms with E-state index in [4.69, 9.17) is 10.7 Å². The van der Waals surface area contributed by atoms with E-state index < -0.39 is 0 Å². The summed E-state index contributed by atoms with van der Waals surface area (Å²) in [5.74, 6) is 5.25. The predicted molar refractivity (Wildman–Crippen MR) is 75.4 cm³/mol. The SMILES string of the molecule is NOC1CN(C(c2ccccc2)c2ccccc2)C1. The highest BCUT2D eigenvalue weighted by molar-refractivity contribution is 5.32. The van der Waals surface area contributed by atoms with Gasteiger partial charge in [0.25, 0.3) is 0 Å². The molecule has 3 nitrogen and oxygen atoms in total. The molecule has 0 aromatic heterocycles. The van der Waals surface area contributed by atoms with Gasteiger partial charge in [-0.3, -0.25) is 9.74 Å². The summed E-state index contributed by atoms with van der Waals surface area (Å²) >= 11 is 0. The van der Waals surface area contributed by atoms with Crippen molar-refractivity contribution in [3.63, 3.8) is 0 Å². The van der Waals surface area contributed by atoms with Gasteiger partial charge in [-0.15, -0.1) is 0 Å². The van der Waals surface area contributed by atoms with Gasteiger partial charge in [-0.1, -0.05) is 60.7 Å². The topological polar surface area (TPSA) is 38.5 Å². The van der Waals surface area contributed by atoms with Gasteiger partial charge in [0.15, 0.2) is 0 Å². The Hall–Kier alpha value is -1.68. The molecule has 1 saturated heterocycles. The Morgan fingerprint density at radius 2 is 1.37 bits per heavy atom. The minimum atomic E-state index is 0.162. The average Bonchev–Trinajstić information content (AvgIpc) is 2.44. The normalized spacial score (nSPS) is 16.5. The van der Waals surface area contributed by atoms with E-state index in [0.29, 0.717) is 0 Å². The van der Waals surface area contributed by atoms with Crippen molar-refractivity contribution in [2.24, 2.45) is 5.90 Å². The van der Waals surface area contributed by atoms with Crippen LogP contribution in [-0.2, 0) is 4.84 Å². The third kappa shape index (κ3) is 2.54. The molecule has 2 aromatic rings. The number of rotatable bonds is 4. The Balaban J connectivity index is 1.89. The highest BCUT2D eigenvalue weighted by atomic mass is 16.6. The first-order chi connectivity index (χ1) is 9.38. The number of hydrogen-bond donors (Lipinski definition) is 1. The lowest BCUT2D eigenvalue weighted by atomic mass is 9.94. The minimum absolute atomic E-state index is 0.162. The van der Waals surface area contributed by atoms with Gasteiger partial charge in [-0.25, -0.2) is 5.90 Å². The highest BCUT2D eigenvalue weighted by Crippen LogP contribution is 2.32. The first-order valence-electron chi connectivity index (χ1n) is 6.58. The van der Waals surface area contributed by atoms with Crippen molar-refractivity contribution in [1.82, 2.24) is 4.90 Å². The smallest absolute Gasteiger partial charge is 0.104 e. The van der Waals surface area contributed by atoms with Crippen LogP contribution in [0.3, 0.4) is 0 Å². The van der Waals surface area contributed by atoms with E-state index in [1.54, 1.807) is 0 Å². The lowest BCUT2D eigenvalue weighted by Gasteiger charge is -2.43. The van der Waals surface area contributed by atoms with E-state index in [-0.39, 0.29) is 12.1 Å². The second-order valence-electron chi connectivity index (χ2n) is 4.94. The molecule has 2 N–H and O–H groups in total. The predicted octanol–water partition coefficient (Wildman–Crippen LogP) is 2.35. The third-order valence-electron chi connectivity index (χ3n) is 3.66. The van der Waals surface area contributed by atoms with E-state index in [0.717, 1.165) is 13.1 Å². The van der Waals surface area contributed by atoms with Crippen LogP contribution >= 0.6 is 0 Å². The Morgan fingerprint density at radius 1 is 0.895 bits per heavy atom. The molecule has 3 rings (SSSR count). The molecular weight excluding hydrogens is 236 g/mol. The lowest BCUT2D eigenvalue weighted by molar-refractivity contribution is -0.0682. The summed E-state index contributed by atoms with van der Waals surface area (Å²) in [6.07, 6.45) is 0.162. The van der Waals surface area contributed by atoms with E-state index in [2.05, 4.69) is 53.4 Å². The zero-order valence-electron chi connectivity index (χ0n) is 10.8. The Labute approximate surface area is 113 Å². The summed E-state index contributed by atoms with van der Waals surface area (Å²) in [7, 11) is 0. The second kappa shape index (κ2) is 5.53. The van der Waals surface area contributed by atoms with Gasteiger partial charge in [-0.05, 0) is 11.1 Å². The molecule has 0 amide bonds. The summed E-state index contributed by atoms with van der Waals surface area (Å²) < 4.78 is 0. The Kier molecular flexibility index (Phi) is 3.60. The van der Waals surface area contributed by atoms with Crippen LogP contribution in [-0.4, -0.2) is 24.1 Å². The van der Waals surface area contributed by atoms with Crippen LogP contribution in [0.2, 0.25) is 0 Å². The van der Waals surface area contributed by atoms with Crippen LogP contribution < -0.4 is 5.90 Å². The summed E-state index contributed by atoms with van der Waals surface area (Å²) in [4.78, 5) is 7.29. The molecule has 0 atom stereocenters. The lowest BCUT2D eigenvalue weighted by Crippen LogP contribution is -2.54. The summed E-state index contributed by atoms with van der Waals surface area (Å²) in [5.41, 5.74) is 2.62. The molecule has 98 valence electrons. The van der Waals surface area contributed by atoms with Gasteiger partial charge in [0.2, 0.25) is 0 Å². The van der Waals surface area contributed by atoms with Crippen molar-refractivity contribution >= 4 is 0 Å². The van der Waals surface area contributed by atoms with Gasteiger partial charge in [0.05, 0.1) is 6.04 Å². The number of benzene rings is 2. The first kappa shape index (κ1) is 12.4. The molecule has 0 spiro atoms. The standard InChI is InChI=1S/C16H18N2O/c17-19-15-11-18(12-15)16(13-7-3-1-4-8-13)14-9-5-2-6-10-14/h1-10,15-16H,11-12,17H2. The number of nitrogens with zero attached hydrogens (tertiary/aromatic N) is 1. The quantitative estimate of drug-likeness (QED) is 0.851. The molecule has 3 heteroatoms. The monoisotopic (exact) mass is 254 g/mol. The van der Waals surface area contributed by atoms with Crippen molar-refractivity contribution < 1.29 is 4.84 Å². The van der Waals surface area contributed by atoms with Gasteiger partial charge in [0.1, 0.15) is 6.10 Å². The minimum Gasteiger partial charge on any atom is -0.299 e. The number of hydrogen-bond acceptors (Lipinski definition) is 3. The van der Waals surface area contributed by atoms with E-state index >= 15 is 0 Å². The molecule has 0 radical (unpaired) electrons. The van der Waals surface area contributed by atoms with Crippen LogP contribution in [0.25, 0.3) is 0 Å². The zero-order valence-corrected chi connectivity index (χ0v) is 10.8. The highest BCUT2D eigenvalue weighted by Gasteiger charge is 2.34. The van der Waals surface area contributed by atoms with Crippen molar-refractivity contribution in [3.05, 3.63) is 71.8 Å². The summed E-state index contributed by atoms with van der Waals surface area (Å²) in [5, 5.41) is 0. The molecule has 0 saturated carbocycles. The van der Waals surface area contributed by atoms with Crippen LogP contribution in [0, 0.1) is 0 Å². The van der Waals surface area contributed by atoms with Gasteiger partial charge in [-0.2, -0.15) is 0 Å². The molecule has 1 heterocycles. The fraction of sp³-hybridized carbons (Fsp3) is 0.250. The summed E-state index contributed by atoms with van der Waals surface area (Å²) in [6.45, 7) is 1.76. The van der Waals surface area contributed by atoms with Crippen LogP contribution in [0.5, 0.6) is 0 Å². The van der Waals surface area contributed by atoms with Crippen LogP contribution in [0.15, 0.2) is 60.7 Å². The molecule has 1 fully saturated rings. The maximum absolute atomic E-state index is 5.25. The molecule has 1 aliphatic rings. The number of likely N-dealkylation sites (tertiary alicyclic amines) is 1. The fourth-order valence-corrected chi connectivity index (χ4v) is 2.65. The van der Waals surface area contributed by atoms with E-state index in [1.165, 1.54) is 11.1 Å². The van der Waals surface area contributed by atoms with Crippen molar-refractivity contribution in [1.29, 1.82) is 0 Å². The third-order valence-corrected chi connectivity index (χ3v) is 3.66. The molecule has 2 aromatic carbocycles. The Bertz CT molecular complexity index is 469. The van der Waals surface area contributed by atoms with Gasteiger partial charge < -0.3 is 0 Å². The number of nitrogens with two attached hydrogens (primary N) is 1. The average molecular weight is 254 g/mol. The maximum Gasteiger partial charge on any atom is 0.104 e. The second-order valence-corrected chi connectivity index (χ2v) is 4.94. The largest absolute Gasteiger partial charge is 0.299 e. The van der Waals surface area contributed by atoms with Crippen molar-refractivity contribution in [2.45, 2.75) is 12.1 Å². The van der Waals surface area contributed by atoms with Crippen LogP contribution in [0.1, 0.15) is 17.2 Å². The first-order valence-corrected chi connectivity index (χ1v) is 6.58. The molecule has 0 bridgehead atoms. The molecule has 1 aliphatic heterocycles. The molecule has 0 unspecified atom stereocenters.